The molecule has 6 N–H and O–H groups in total. The Morgan fingerprint density at radius 3 is 3.08 bits per heavy atom. The molecule has 4 aromatic rings. The third kappa shape index (κ3) is 2.92. The smallest absolute Gasteiger partial charge is 0.223 e. The highest BCUT2D eigenvalue weighted by molar-refractivity contribution is 6.00. The molecule has 128 valence electrons. The Bertz CT molecular complexity index is 1020. The predicted molar refractivity (Wildman–Crippen MR) is 98.0 cm³/mol. The van der Waals surface area contributed by atoms with E-state index in [0.717, 1.165) is 27.7 Å². The number of aromatic amines is 2. The lowest BCUT2D eigenvalue weighted by molar-refractivity contribution is 0.210. The quantitative estimate of drug-likeness (QED) is 0.341. The molecule has 0 amide bonds. The van der Waals surface area contributed by atoms with Crippen LogP contribution in [0.25, 0.3) is 21.9 Å². The van der Waals surface area contributed by atoms with Gasteiger partial charge in [0.05, 0.1) is 29.4 Å². The summed E-state index contributed by atoms with van der Waals surface area (Å²) in [5, 5.41) is 15.5. The molecule has 0 aliphatic rings. The van der Waals surface area contributed by atoms with Crippen LogP contribution in [0.5, 0.6) is 0 Å². The molecule has 0 radical (unpaired) electrons. The van der Waals surface area contributed by atoms with Crippen LogP contribution in [0.4, 0.5) is 23.1 Å². The number of hydrogen-bond donors (Lipinski definition) is 5. The van der Waals surface area contributed by atoms with Gasteiger partial charge in [0.25, 0.3) is 0 Å². The Kier molecular flexibility index (Phi) is 3.82. The molecule has 0 atom stereocenters. The van der Waals surface area contributed by atoms with Crippen molar-refractivity contribution in [3.63, 3.8) is 0 Å². The highest BCUT2D eigenvalue weighted by atomic mass is 16.5. The highest BCUT2D eigenvalue weighted by Gasteiger charge is 2.13. The average molecular weight is 338 g/mol. The summed E-state index contributed by atoms with van der Waals surface area (Å²) in [6.07, 6.45) is 3.64. The first-order valence-electron chi connectivity index (χ1n) is 7.82. The Labute approximate surface area is 143 Å². The number of rotatable bonds is 6. The van der Waals surface area contributed by atoms with Crippen molar-refractivity contribution in [2.24, 2.45) is 0 Å². The van der Waals surface area contributed by atoms with E-state index in [2.05, 4.69) is 35.8 Å². The lowest BCUT2D eigenvalue weighted by Gasteiger charge is -2.10. The van der Waals surface area contributed by atoms with Gasteiger partial charge >= 0.3 is 0 Å². The van der Waals surface area contributed by atoms with Gasteiger partial charge in [0.1, 0.15) is 11.5 Å². The second-order valence-corrected chi connectivity index (χ2v) is 5.57. The third-order valence-corrected chi connectivity index (χ3v) is 3.87. The van der Waals surface area contributed by atoms with Gasteiger partial charge < -0.3 is 26.1 Å². The molecule has 4 rings (SSSR count). The van der Waals surface area contributed by atoms with E-state index < -0.39 is 0 Å². The van der Waals surface area contributed by atoms with Gasteiger partial charge in [-0.25, -0.2) is 0 Å². The van der Waals surface area contributed by atoms with Crippen molar-refractivity contribution in [3.05, 3.63) is 30.6 Å². The Balaban J connectivity index is 1.70. The zero-order valence-electron chi connectivity index (χ0n) is 13.6. The van der Waals surface area contributed by atoms with Crippen LogP contribution in [-0.2, 0) is 4.74 Å². The van der Waals surface area contributed by atoms with Crippen molar-refractivity contribution >= 4 is 45.1 Å². The minimum absolute atomic E-state index is 0.208. The lowest BCUT2D eigenvalue weighted by Crippen LogP contribution is -2.10. The van der Waals surface area contributed by atoms with Crippen LogP contribution in [-0.4, -0.2) is 45.4 Å². The van der Waals surface area contributed by atoms with Crippen molar-refractivity contribution in [2.45, 2.75) is 0 Å². The van der Waals surface area contributed by atoms with E-state index in [-0.39, 0.29) is 5.95 Å². The summed E-state index contributed by atoms with van der Waals surface area (Å²) >= 11 is 0. The maximum absolute atomic E-state index is 5.80. The number of ether oxygens (including phenoxy) is 1. The van der Waals surface area contributed by atoms with Crippen LogP contribution in [0.3, 0.4) is 0 Å². The van der Waals surface area contributed by atoms with Gasteiger partial charge in [0.2, 0.25) is 5.95 Å². The van der Waals surface area contributed by atoms with E-state index in [9.17, 15) is 0 Å². The molecule has 0 aliphatic heterocycles. The number of nitrogens with one attached hydrogen (secondary N) is 4. The number of methoxy groups -OCH3 is 1. The van der Waals surface area contributed by atoms with E-state index in [0.29, 0.717) is 24.6 Å². The fourth-order valence-electron chi connectivity index (χ4n) is 2.72. The molecule has 0 fully saturated rings. The van der Waals surface area contributed by atoms with Crippen molar-refractivity contribution in [2.75, 3.05) is 36.6 Å². The second-order valence-electron chi connectivity index (χ2n) is 5.57. The first-order valence-corrected chi connectivity index (χ1v) is 7.82. The summed E-state index contributed by atoms with van der Waals surface area (Å²) in [4.78, 5) is 11.7. The minimum atomic E-state index is 0.208. The predicted octanol–water partition coefficient (Wildman–Crippen LogP) is 2.22. The Hall–Kier alpha value is -3.33. The normalized spacial score (nSPS) is 11.2. The number of nitrogen functional groups attached to an aromatic ring is 1. The standard InChI is InChI=1S/C16H18N8O/c1-25-5-4-18-14-13-12(8-19-15(13)23-16(17)22-14)21-10-3-2-9-7-20-24-11(9)6-10/h2-3,6-8,21H,4-5H2,1H3,(H,20,24)(H4,17,18,19,22,23). The van der Waals surface area contributed by atoms with Crippen LogP contribution in [0.2, 0.25) is 0 Å². The average Bonchev–Trinajstić information content (AvgIpc) is 3.21. The van der Waals surface area contributed by atoms with Gasteiger partial charge in [0.15, 0.2) is 0 Å². The lowest BCUT2D eigenvalue weighted by atomic mass is 10.2. The largest absolute Gasteiger partial charge is 0.383 e. The zero-order valence-corrected chi connectivity index (χ0v) is 13.6. The van der Waals surface area contributed by atoms with Crippen molar-refractivity contribution in [1.29, 1.82) is 0 Å². The monoisotopic (exact) mass is 338 g/mol. The van der Waals surface area contributed by atoms with Crippen molar-refractivity contribution in [3.8, 4) is 0 Å². The molecular formula is C16H18N8O. The molecule has 0 aliphatic carbocycles. The summed E-state index contributed by atoms with van der Waals surface area (Å²) in [6.45, 7) is 1.18. The molecule has 9 nitrogen and oxygen atoms in total. The van der Waals surface area contributed by atoms with E-state index in [1.165, 1.54) is 0 Å². The van der Waals surface area contributed by atoms with Crippen LogP contribution in [0.1, 0.15) is 0 Å². The summed E-state index contributed by atoms with van der Waals surface area (Å²) < 4.78 is 5.08. The maximum atomic E-state index is 5.80. The van der Waals surface area contributed by atoms with Gasteiger partial charge in [-0.1, -0.05) is 0 Å². The van der Waals surface area contributed by atoms with E-state index in [1.807, 2.05) is 24.4 Å². The van der Waals surface area contributed by atoms with Crippen LogP contribution in [0.15, 0.2) is 30.6 Å². The van der Waals surface area contributed by atoms with Gasteiger partial charge in [-0.05, 0) is 18.2 Å². The van der Waals surface area contributed by atoms with Gasteiger partial charge in [-0.2, -0.15) is 15.1 Å². The molecule has 3 aromatic heterocycles. The Morgan fingerprint density at radius 1 is 1.28 bits per heavy atom. The van der Waals surface area contributed by atoms with E-state index >= 15 is 0 Å². The summed E-state index contributed by atoms with van der Waals surface area (Å²) in [5.74, 6) is 0.866. The molecule has 0 spiro atoms. The summed E-state index contributed by atoms with van der Waals surface area (Å²) in [6, 6.07) is 5.99. The number of anilines is 4. The van der Waals surface area contributed by atoms with Crippen LogP contribution < -0.4 is 16.4 Å². The van der Waals surface area contributed by atoms with Gasteiger partial charge in [-0.15, -0.1) is 0 Å². The molecule has 0 unspecified atom stereocenters. The Morgan fingerprint density at radius 2 is 2.20 bits per heavy atom. The fraction of sp³-hybridized carbons (Fsp3) is 0.188. The number of H-pyrrole nitrogens is 2. The topological polar surface area (TPSA) is 130 Å². The summed E-state index contributed by atoms with van der Waals surface area (Å²) in [5.41, 5.74) is 9.21. The molecule has 0 bridgehead atoms. The van der Waals surface area contributed by atoms with Crippen molar-refractivity contribution < 1.29 is 4.74 Å². The molecule has 25 heavy (non-hydrogen) atoms. The van der Waals surface area contributed by atoms with E-state index in [1.54, 1.807) is 13.3 Å². The molecule has 0 saturated carbocycles. The molecular weight excluding hydrogens is 320 g/mol. The van der Waals surface area contributed by atoms with Crippen molar-refractivity contribution in [1.82, 2.24) is 25.1 Å². The summed E-state index contributed by atoms with van der Waals surface area (Å²) in [7, 11) is 1.65. The van der Waals surface area contributed by atoms with Crippen LogP contribution in [0, 0.1) is 0 Å². The molecule has 0 saturated heterocycles. The number of nitrogens with zero attached hydrogens (tertiary/aromatic N) is 3. The third-order valence-electron chi connectivity index (χ3n) is 3.87. The molecule has 9 heteroatoms. The van der Waals surface area contributed by atoms with Crippen LogP contribution >= 0.6 is 0 Å². The molecule has 3 heterocycles. The fourth-order valence-corrected chi connectivity index (χ4v) is 2.72. The second kappa shape index (κ2) is 6.29. The zero-order chi connectivity index (χ0) is 17.2. The van der Waals surface area contributed by atoms with Gasteiger partial charge in [-0.3, -0.25) is 5.10 Å². The SMILES string of the molecule is COCCNc1nc(N)nc2[nH]cc(Nc3ccc4cn[nH]c4c3)c12. The van der Waals surface area contributed by atoms with Gasteiger partial charge in [0, 0.05) is 30.9 Å². The van der Waals surface area contributed by atoms with E-state index in [4.69, 9.17) is 10.5 Å². The molecule has 1 aromatic carbocycles. The number of hydrogen-bond acceptors (Lipinski definition) is 7. The first kappa shape index (κ1) is 15.2. The minimum Gasteiger partial charge on any atom is -0.383 e. The maximum Gasteiger partial charge on any atom is 0.223 e. The number of fused-ring (bicyclic) bond motifs is 2. The highest BCUT2D eigenvalue weighted by Crippen LogP contribution is 2.31. The number of nitrogens with two attached hydrogens (primary N) is 1. The number of aromatic nitrogens is 5. The number of benzene rings is 1. The first-order chi connectivity index (χ1) is 12.2.